The average molecular weight is 1340 g/mol. The number of rotatable bonds is 34. The molecule has 0 fully saturated rings. The van der Waals surface area contributed by atoms with Crippen LogP contribution in [0.15, 0.2) is 248 Å². The fourth-order valence-electron chi connectivity index (χ4n) is 8.14. The lowest BCUT2D eigenvalue weighted by Gasteiger charge is -2.18. The van der Waals surface area contributed by atoms with Gasteiger partial charge < -0.3 is 57.8 Å². The van der Waals surface area contributed by atoms with Gasteiger partial charge in [0.2, 0.25) is 0 Å². The monoisotopic (exact) mass is 1340 g/mol. The summed E-state index contributed by atoms with van der Waals surface area (Å²) in [5.74, 6) is 4.71. The molecule has 8 rings (SSSR count). The smallest absolute Gasteiger partial charge is 0.428 e. The number of carbonyl (C=O) groups excluding carboxylic acids is 3. The molecule has 0 aliphatic heterocycles. The Labute approximate surface area is 579 Å². The molecule has 19 nitrogen and oxygen atoms in total. The van der Waals surface area contributed by atoms with Crippen molar-refractivity contribution in [2.24, 2.45) is 10.9 Å². The van der Waals surface area contributed by atoms with Gasteiger partial charge in [-0.05, 0) is 93.1 Å². The number of likely N-dealkylation sites (N-methyl/N-ethyl adjacent to an activating group) is 1. The zero-order chi connectivity index (χ0) is 70.6. The number of hydrogen-bond acceptors (Lipinski definition) is 17. The summed E-state index contributed by atoms with van der Waals surface area (Å²) in [7, 11) is 1.93. The molecular weight excluding hydrogens is 1240 g/mol. The lowest BCUT2D eigenvalue weighted by Crippen LogP contribution is -2.36. The predicted molar refractivity (Wildman–Crippen MR) is 383 cm³/mol. The molecule has 0 unspecified atom stereocenters. The van der Waals surface area contributed by atoms with Gasteiger partial charge in [0.1, 0.15) is 30.5 Å². The molecular formula is C79H101N5O14. The summed E-state index contributed by atoms with van der Waals surface area (Å²) in [5.41, 5.74) is 12.6. The molecule has 0 aromatic heterocycles. The van der Waals surface area contributed by atoms with Gasteiger partial charge in [-0.25, -0.2) is 20.9 Å². The van der Waals surface area contributed by atoms with Crippen LogP contribution in [0.1, 0.15) is 86.1 Å². The summed E-state index contributed by atoms with van der Waals surface area (Å²) < 4.78 is 54.4. The highest BCUT2D eigenvalue weighted by Crippen LogP contribution is 2.11. The molecule has 19 heteroatoms. The molecule has 8 aromatic carbocycles. The first-order valence-corrected chi connectivity index (χ1v) is 32.5. The maximum absolute atomic E-state index is 11.8. The van der Waals surface area contributed by atoms with Crippen molar-refractivity contribution in [3.05, 3.63) is 287 Å². The van der Waals surface area contributed by atoms with Gasteiger partial charge in [-0.15, -0.1) is 0 Å². The Hall–Kier alpha value is -8.80. The number of Topliss-reactive ketones (excluding diaryl/α,β-unsaturated/α-hetero) is 1. The highest BCUT2D eigenvalue weighted by Gasteiger charge is 2.17. The van der Waals surface area contributed by atoms with Gasteiger partial charge in [0, 0.05) is 0 Å². The largest absolute Gasteiger partial charge is 0.443 e. The SMILES string of the molecule is CC(C)(C)OC(=O)NN.CC(C)(C)OC(=O)NN=C(COCc1ccccc1)COCc1ccccc1.CNC(COCc1ccccc1)COCc1ccccc1.O=C(COCc1ccccc1)COCc1ccccc1.OC(COCc1ccccc1)COCc1ccccc1. The van der Waals surface area contributed by atoms with Crippen LogP contribution >= 0.6 is 0 Å². The van der Waals surface area contributed by atoms with E-state index < -0.39 is 29.5 Å². The van der Waals surface area contributed by atoms with Crippen LogP contribution < -0.4 is 22.0 Å². The summed E-state index contributed by atoms with van der Waals surface area (Å²) >= 11 is 0. The number of nitrogens with two attached hydrogens (primary N) is 1. The fourth-order valence-corrected chi connectivity index (χ4v) is 8.14. The Kier molecular flexibility index (Phi) is 42.1. The standard InChI is InChI=1S/C22H28N2O4.C18H23NO2.C17H20O3.C17H18O3.C5H12N2O2/c1-22(2,3)28-21(25)24-23-20(16-26-14-18-10-6-4-7-11-18)17-27-15-19-12-8-5-9-13-19;1-19-18(14-20-12-16-8-4-2-5-9-16)15-21-13-17-10-6-3-7-11-17;2*18-17(13-19-11-15-7-3-1-4-8-15)14-20-12-16-9-5-2-6-10-16;1-5(2,3)9-4(8)7-6/h4-13H,14-17H2,1-3H3,(H,24,25);2-11,18-19H,12-15H2,1H3;1-10,17-18H,11-14H2;1-10H,11-14H2;6H2,1-3H3,(H,7,8). The van der Waals surface area contributed by atoms with Gasteiger partial charge in [0.25, 0.3) is 0 Å². The summed E-state index contributed by atoms with van der Waals surface area (Å²) in [6.07, 6.45) is -1.82. The minimum atomic E-state index is -0.615. The number of hydrazone groups is 1. The summed E-state index contributed by atoms with van der Waals surface area (Å²) in [5, 5.41) is 17.1. The number of ether oxygens (including phenoxy) is 10. The third-order valence-electron chi connectivity index (χ3n) is 12.8. The second-order valence-electron chi connectivity index (χ2n) is 24.0. The maximum Gasteiger partial charge on any atom is 0.428 e. The molecule has 98 heavy (non-hydrogen) atoms. The van der Waals surface area contributed by atoms with Crippen molar-refractivity contribution in [3.63, 3.8) is 0 Å². The van der Waals surface area contributed by atoms with Crippen LogP contribution in [0, 0.1) is 0 Å². The van der Waals surface area contributed by atoms with Crippen LogP contribution in [-0.4, -0.2) is 112 Å². The number of carbonyl (C=O) groups is 3. The Bertz CT molecular complexity index is 3110. The molecule has 6 N–H and O–H groups in total. The molecule has 0 aliphatic rings. The summed E-state index contributed by atoms with van der Waals surface area (Å²) in [6, 6.07) is 79.7. The molecule has 526 valence electrons. The zero-order valence-electron chi connectivity index (χ0n) is 57.8. The summed E-state index contributed by atoms with van der Waals surface area (Å²) in [4.78, 5) is 33.8. The van der Waals surface area contributed by atoms with E-state index in [1.807, 2.05) is 231 Å². The van der Waals surface area contributed by atoms with Crippen LogP contribution in [0.3, 0.4) is 0 Å². The normalized spacial score (nSPS) is 10.8. The first-order valence-electron chi connectivity index (χ1n) is 32.5. The van der Waals surface area contributed by atoms with Crippen LogP contribution in [-0.2, 0) is 105 Å². The number of nitrogens with zero attached hydrogens (tertiary/aromatic N) is 1. The molecule has 0 atom stereocenters. The number of ketones is 1. The summed E-state index contributed by atoms with van der Waals surface area (Å²) in [6.45, 7) is 17.3. The van der Waals surface area contributed by atoms with Crippen molar-refractivity contribution in [1.82, 2.24) is 16.2 Å². The van der Waals surface area contributed by atoms with Crippen LogP contribution in [0.4, 0.5) is 9.59 Å². The van der Waals surface area contributed by atoms with Crippen molar-refractivity contribution in [1.29, 1.82) is 0 Å². The number of nitrogens with one attached hydrogen (secondary N) is 3. The number of amides is 2. The molecule has 8 aromatic rings. The second kappa shape index (κ2) is 50.5. The van der Waals surface area contributed by atoms with E-state index in [1.54, 1.807) is 41.5 Å². The number of benzene rings is 8. The third kappa shape index (κ3) is 43.4. The van der Waals surface area contributed by atoms with Crippen molar-refractivity contribution in [3.8, 4) is 0 Å². The molecule has 2 amide bonds. The molecule has 0 radical (unpaired) electrons. The van der Waals surface area contributed by atoms with Gasteiger partial charge >= 0.3 is 12.2 Å². The fraction of sp³-hybridized carbons (Fsp3) is 0.342. The van der Waals surface area contributed by atoms with Crippen LogP contribution in [0.25, 0.3) is 0 Å². The average Bonchev–Trinajstić information content (AvgIpc) is 2.20. The van der Waals surface area contributed by atoms with Crippen LogP contribution in [0.5, 0.6) is 0 Å². The Balaban J connectivity index is 0.000000268. The van der Waals surface area contributed by atoms with Gasteiger partial charge in [-0.2, -0.15) is 5.10 Å². The number of aliphatic hydroxyl groups is 1. The van der Waals surface area contributed by atoms with Gasteiger partial charge in [-0.1, -0.05) is 243 Å². The lowest BCUT2D eigenvalue weighted by atomic mass is 10.2. The third-order valence-corrected chi connectivity index (χ3v) is 12.8. The first kappa shape index (κ1) is 81.6. The molecule has 0 saturated heterocycles. The topological polar surface area (TPSA) is 238 Å². The van der Waals surface area contributed by atoms with Crippen molar-refractivity contribution in [2.75, 3.05) is 59.9 Å². The van der Waals surface area contributed by atoms with E-state index in [0.717, 1.165) is 33.4 Å². The van der Waals surface area contributed by atoms with E-state index in [9.17, 15) is 19.5 Å². The van der Waals surface area contributed by atoms with Crippen molar-refractivity contribution < 1.29 is 66.9 Å². The Morgan fingerprint density at radius 2 is 0.602 bits per heavy atom. The molecule has 0 bridgehead atoms. The van der Waals surface area contributed by atoms with E-state index in [4.69, 9.17) is 53.2 Å². The first-order chi connectivity index (χ1) is 47.4. The molecule has 0 spiro atoms. The predicted octanol–water partition coefficient (Wildman–Crippen LogP) is 13.5. The molecule has 0 aliphatic carbocycles. The number of hydrogen-bond donors (Lipinski definition) is 5. The van der Waals surface area contributed by atoms with E-state index in [1.165, 1.54) is 11.1 Å². The highest BCUT2D eigenvalue weighted by molar-refractivity contribution is 5.87. The van der Waals surface area contributed by atoms with Gasteiger partial charge in [-0.3, -0.25) is 10.2 Å². The van der Waals surface area contributed by atoms with E-state index in [2.05, 4.69) is 40.1 Å². The van der Waals surface area contributed by atoms with E-state index >= 15 is 0 Å². The maximum atomic E-state index is 11.8. The van der Waals surface area contributed by atoms with Crippen LogP contribution in [0.2, 0.25) is 0 Å². The minimum Gasteiger partial charge on any atom is -0.443 e. The molecule has 0 saturated carbocycles. The molecule has 0 heterocycles. The van der Waals surface area contributed by atoms with E-state index in [-0.39, 0.29) is 51.5 Å². The number of hydrazine groups is 1. The number of aliphatic hydroxyl groups excluding tert-OH is 1. The zero-order valence-corrected chi connectivity index (χ0v) is 57.8. The minimum absolute atomic E-state index is 0.0446. The van der Waals surface area contributed by atoms with Crippen molar-refractivity contribution in [2.45, 2.75) is 118 Å². The highest BCUT2D eigenvalue weighted by atomic mass is 16.6. The van der Waals surface area contributed by atoms with E-state index in [0.29, 0.717) is 71.8 Å². The van der Waals surface area contributed by atoms with Gasteiger partial charge in [0.15, 0.2) is 5.78 Å². The second-order valence-corrected chi connectivity index (χ2v) is 24.0. The Morgan fingerprint density at radius 3 is 0.837 bits per heavy atom. The quantitative estimate of drug-likeness (QED) is 0.0109. The van der Waals surface area contributed by atoms with Crippen molar-refractivity contribution >= 4 is 23.7 Å². The Morgan fingerprint density at radius 1 is 0.367 bits per heavy atom. The lowest BCUT2D eigenvalue weighted by molar-refractivity contribution is -0.129. The van der Waals surface area contributed by atoms with Gasteiger partial charge in [0.05, 0.1) is 104 Å².